The molecule has 1 aromatic carbocycles. The number of alkyl halides is 3. The lowest BCUT2D eigenvalue weighted by molar-refractivity contribution is -0.138. The molecule has 0 aromatic heterocycles. The van der Waals surface area contributed by atoms with Gasteiger partial charge in [0.1, 0.15) is 0 Å². The molecular weight excluding hydrogens is 258 g/mol. The highest BCUT2D eigenvalue weighted by Gasteiger charge is 2.40. The largest absolute Gasteiger partial charge is 0.418 e. The van der Waals surface area contributed by atoms with Gasteiger partial charge in [-0.2, -0.15) is 13.2 Å². The van der Waals surface area contributed by atoms with E-state index in [0.29, 0.717) is 0 Å². The van der Waals surface area contributed by atoms with Gasteiger partial charge < -0.3 is 5.73 Å². The van der Waals surface area contributed by atoms with Crippen LogP contribution in [0.5, 0.6) is 0 Å². The van der Waals surface area contributed by atoms with Crippen LogP contribution < -0.4 is 5.73 Å². The summed E-state index contributed by atoms with van der Waals surface area (Å²) in [5.74, 6) is -1.23. The monoisotopic (exact) mass is 269 g/mol. The second kappa shape index (κ2) is 4.05. The highest BCUT2D eigenvalue weighted by Crippen LogP contribution is 2.44. The lowest BCUT2D eigenvalue weighted by Crippen LogP contribution is -2.21. The molecule has 0 aliphatic rings. The van der Waals surface area contributed by atoms with Crippen LogP contribution in [-0.4, -0.2) is 0 Å². The third-order valence-electron chi connectivity index (χ3n) is 2.33. The molecule has 0 bridgehead atoms. The van der Waals surface area contributed by atoms with E-state index in [-0.39, 0.29) is 11.3 Å². The Morgan fingerprint density at radius 3 is 2.00 bits per heavy atom. The van der Waals surface area contributed by atoms with Crippen molar-refractivity contribution < 1.29 is 17.6 Å². The third kappa shape index (κ3) is 2.65. The second-order valence-electron chi connectivity index (χ2n) is 4.76. The average Bonchev–Trinajstić information content (AvgIpc) is 2.09. The molecule has 2 N–H and O–H groups in total. The van der Waals surface area contributed by atoms with E-state index >= 15 is 0 Å². The zero-order valence-corrected chi connectivity index (χ0v) is 10.3. The summed E-state index contributed by atoms with van der Waals surface area (Å²) in [5.41, 5.74) is 2.81. The number of hydrogen-bond acceptors (Lipinski definition) is 1. The second-order valence-corrected chi connectivity index (χ2v) is 5.14. The summed E-state index contributed by atoms with van der Waals surface area (Å²) in [6.45, 7) is 4.72. The molecule has 0 aliphatic carbocycles. The van der Waals surface area contributed by atoms with Crippen LogP contribution in [0.3, 0.4) is 0 Å². The molecule has 0 radical (unpaired) electrons. The number of nitrogen functional groups attached to an aromatic ring is 1. The summed E-state index contributed by atoms with van der Waals surface area (Å²) in [6.07, 6.45) is -4.71. The van der Waals surface area contributed by atoms with Gasteiger partial charge in [0.2, 0.25) is 0 Å². The highest BCUT2D eigenvalue weighted by molar-refractivity contribution is 6.32. The fourth-order valence-electron chi connectivity index (χ4n) is 1.51. The van der Waals surface area contributed by atoms with Crippen molar-refractivity contribution in [2.24, 2.45) is 0 Å². The predicted octanol–water partition coefficient (Wildman–Crippen LogP) is 4.38. The third-order valence-corrected chi connectivity index (χ3v) is 2.68. The minimum Gasteiger partial charge on any atom is -0.396 e. The van der Waals surface area contributed by atoms with E-state index in [1.54, 1.807) is 20.8 Å². The van der Waals surface area contributed by atoms with E-state index in [2.05, 4.69) is 0 Å². The van der Waals surface area contributed by atoms with Gasteiger partial charge in [0.15, 0.2) is 5.82 Å². The fraction of sp³-hybridized carbons (Fsp3) is 0.455. The fourth-order valence-corrected chi connectivity index (χ4v) is 1.83. The van der Waals surface area contributed by atoms with Gasteiger partial charge in [0, 0.05) is 0 Å². The normalized spacial score (nSPS) is 12.9. The van der Waals surface area contributed by atoms with Crippen molar-refractivity contribution in [3.8, 4) is 0 Å². The topological polar surface area (TPSA) is 26.0 Å². The van der Waals surface area contributed by atoms with Crippen LogP contribution in [0.1, 0.15) is 31.9 Å². The number of halogens is 5. The lowest BCUT2D eigenvalue weighted by Gasteiger charge is -2.25. The molecular formula is C11H12ClF4N. The number of hydrogen-bond donors (Lipinski definition) is 1. The van der Waals surface area contributed by atoms with Gasteiger partial charge in [-0.1, -0.05) is 32.4 Å². The summed E-state index contributed by atoms with van der Waals surface area (Å²) in [7, 11) is 0. The summed E-state index contributed by atoms with van der Waals surface area (Å²) >= 11 is 5.42. The summed E-state index contributed by atoms with van der Waals surface area (Å²) in [5, 5.41) is -0.970. The molecule has 0 amide bonds. The van der Waals surface area contributed by atoms with E-state index in [1.807, 2.05) is 0 Å². The van der Waals surface area contributed by atoms with Crippen LogP contribution in [-0.2, 0) is 11.6 Å². The molecule has 6 heteroatoms. The van der Waals surface area contributed by atoms with Crippen molar-refractivity contribution in [1.82, 2.24) is 0 Å². The van der Waals surface area contributed by atoms with Gasteiger partial charge in [0.05, 0.1) is 16.3 Å². The average molecular weight is 270 g/mol. The number of nitrogens with two attached hydrogens (primary N) is 1. The Hall–Kier alpha value is -0.970. The number of rotatable bonds is 0. The first-order chi connectivity index (χ1) is 7.46. The molecule has 96 valence electrons. The van der Waals surface area contributed by atoms with Gasteiger partial charge in [-0.3, -0.25) is 0 Å². The van der Waals surface area contributed by atoms with Gasteiger partial charge in [-0.15, -0.1) is 0 Å². The summed E-state index contributed by atoms with van der Waals surface area (Å²) in [6, 6.07) is 0.990. The Labute approximate surface area is 102 Å². The van der Waals surface area contributed by atoms with Crippen molar-refractivity contribution in [3.63, 3.8) is 0 Å². The maximum absolute atomic E-state index is 13.3. The summed E-state index contributed by atoms with van der Waals surface area (Å²) < 4.78 is 51.9. The first-order valence-corrected chi connectivity index (χ1v) is 5.19. The Kier molecular flexibility index (Phi) is 3.36. The zero-order chi connectivity index (χ0) is 13.6. The van der Waals surface area contributed by atoms with Crippen molar-refractivity contribution in [2.45, 2.75) is 32.4 Å². The molecule has 0 saturated heterocycles. The van der Waals surface area contributed by atoms with Gasteiger partial charge in [-0.25, -0.2) is 4.39 Å². The van der Waals surface area contributed by atoms with Crippen LogP contribution >= 0.6 is 11.6 Å². The maximum atomic E-state index is 13.3. The molecule has 1 aromatic rings. The Balaban J connectivity index is 3.71. The Morgan fingerprint density at radius 1 is 1.18 bits per heavy atom. The van der Waals surface area contributed by atoms with Crippen LogP contribution in [0.2, 0.25) is 5.02 Å². The van der Waals surface area contributed by atoms with E-state index in [0.717, 1.165) is 6.07 Å². The minimum atomic E-state index is -4.71. The zero-order valence-electron chi connectivity index (χ0n) is 9.54. The Morgan fingerprint density at radius 2 is 1.65 bits per heavy atom. The SMILES string of the molecule is CC(C)(C)c1cc(N)c(F)c(Cl)c1C(F)(F)F. The van der Waals surface area contributed by atoms with Crippen molar-refractivity contribution in [2.75, 3.05) is 5.73 Å². The summed E-state index contributed by atoms with van der Waals surface area (Å²) in [4.78, 5) is 0. The first-order valence-electron chi connectivity index (χ1n) is 4.81. The van der Waals surface area contributed by atoms with Gasteiger partial charge >= 0.3 is 6.18 Å². The molecule has 0 spiro atoms. The molecule has 0 fully saturated rings. The molecule has 1 nitrogen and oxygen atoms in total. The Bertz CT molecular complexity index is 446. The molecule has 0 heterocycles. The number of benzene rings is 1. The molecule has 1 rings (SSSR count). The van der Waals surface area contributed by atoms with Crippen LogP contribution in [0.4, 0.5) is 23.2 Å². The number of anilines is 1. The minimum absolute atomic E-state index is 0.117. The lowest BCUT2D eigenvalue weighted by atomic mass is 9.83. The quantitative estimate of drug-likeness (QED) is 0.549. The van der Waals surface area contributed by atoms with Crippen LogP contribution in [0.15, 0.2) is 6.07 Å². The molecule has 0 saturated carbocycles. The molecule has 0 unspecified atom stereocenters. The highest BCUT2D eigenvalue weighted by atomic mass is 35.5. The van der Waals surface area contributed by atoms with Crippen molar-refractivity contribution in [3.05, 3.63) is 28.0 Å². The van der Waals surface area contributed by atoms with Crippen molar-refractivity contribution >= 4 is 17.3 Å². The molecule has 17 heavy (non-hydrogen) atoms. The van der Waals surface area contributed by atoms with E-state index in [4.69, 9.17) is 17.3 Å². The first kappa shape index (κ1) is 14.1. The smallest absolute Gasteiger partial charge is 0.396 e. The van der Waals surface area contributed by atoms with Gasteiger partial charge in [0.25, 0.3) is 0 Å². The maximum Gasteiger partial charge on any atom is 0.418 e. The molecule has 0 atom stereocenters. The van der Waals surface area contributed by atoms with E-state index < -0.39 is 28.0 Å². The van der Waals surface area contributed by atoms with E-state index in [9.17, 15) is 17.6 Å². The van der Waals surface area contributed by atoms with E-state index in [1.165, 1.54) is 0 Å². The molecule has 0 aliphatic heterocycles. The van der Waals surface area contributed by atoms with Crippen molar-refractivity contribution in [1.29, 1.82) is 0 Å². The van der Waals surface area contributed by atoms with Gasteiger partial charge in [-0.05, 0) is 17.0 Å². The standard InChI is InChI=1S/C11H12ClF4N/c1-10(2,3)5-4-6(17)9(13)8(12)7(5)11(14,15)16/h4H,17H2,1-3H3. The predicted molar refractivity (Wildman–Crippen MR) is 59.5 cm³/mol. The van der Waals surface area contributed by atoms with Crippen LogP contribution in [0.25, 0.3) is 0 Å². The van der Waals surface area contributed by atoms with Crippen LogP contribution in [0, 0.1) is 5.82 Å².